The molecule has 1 unspecified atom stereocenters. The normalized spacial score (nSPS) is 27.1. The first-order valence-corrected chi connectivity index (χ1v) is 11.0. The fraction of sp³-hybridized carbons (Fsp3) is 0.520. The number of benzene rings is 1. The molecule has 3 saturated carbocycles. The zero-order valence-electron chi connectivity index (χ0n) is 17.8. The van der Waals surface area contributed by atoms with Crippen molar-refractivity contribution < 1.29 is 19.1 Å². The van der Waals surface area contributed by atoms with Gasteiger partial charge in [-0.1, -0.05) is 38.1 Å². The van der Waals surface area contributed by atoms with E-state index in [1.165, 1.54) is 6.42 Å². The van der Waals surface area contributed by atoms with Crippen LogP contribution in [0.1, 0.15) is 62.7 Å². The highest BCUT2D eigenvalue weighted by Gasteiger charge is 2.57. The number of unbranched alkanes of at least 4 members (excludes halogenated alkanes) is 1. The number of amides is 1. The molecule has 2 N–H and O–H groups in total. The molecule has 3 aliphatic rings. The smallest absolute Gasteiger partial charge is 0.303 e. The molecule has 1 aromatic carbocycles. The van der Waals surface area contributed by atoms with Gasteiger partial charge in [-0.05, 0) is 67.4 Å². The van der Waals surface area contributed by atoms with Gasteiger partial charge in [0.25, 0.3) is 5.91 Å². The SMILES string of the molecule is CC1(C)[C@H]2C[C@H](CC=CCCCC(=O)O)C(NC(=O)c3cccc4ccoc34)[C@@H]1C2. The molecule has 4 atom stereocenters. The van der Waals surface area contributed by atoms with Gasteiger partial charge in [0, 0.05) is 17.8 Å². The second-order valence-electron chi connectivity index (χ2n) is 9.49. The molecule has 5 heteroatoms. The van der Waals surface area contributed by atoms with Gasteiger partial charge in [0.15, 0.2) is 0 Å². The van der Waals surface area contributed by atoms with E-state index in [1.54, 1.807) is 6.26 Å². The molecule has 3 aliphatic carbocycles. The van der Waals surface area contributed by atoms with Crippen LogP contribution in [0.15, 0.2) is 47.1 Å². The fourth-order valence-electron chi connectivity index (χ4n) is 5.53. The number of nitrogens with one attached hydrogen (secondary N) is 1. The van der Waals surface area contributed by atoms with E-state index >= 15 is 0 Å². The standard InChI is InChI=1S/C25H31NO4/c1-25(2)18-14-17(8-5-3-4-6-11-21(27)28)22(20(25)15-18)26-24(29)19-10-7-9-16-12-13-30-23(16)19/h3,5,7,9-10,12-13,17-18,20,22H,4,6,8,11,14-15H2,1-2H3,(H,26,29)(H,27,28)/t17-,18-,20-,22?/m0/s1. The second kappa shape index (κ2) is 8.29. The van der Waals surface area contributed by atoms with E-state index in [2.05, 4.69) is 31.3 Å². The van der Waals surface area contributed by atoms with Crippen LogP contribution in [0, 0.1) is 23.2 Å². The van der Waals surface area contributed by atoms with E-state index in [9.17, 15) is 9.59 Å². The lowest BCUT2D eigenvalue weighted by atomic mass is 9.44. The first-order chi connectivity index (χ1) is 14.4. The van der Waals surface area contributed by atoms with Crippen molar-refractivity contribution in [2.24, 2.45) is 23.2 Å². The van der Waals surface area contributed by atoms with E-state index in [4.69, 9.17) is 9.52 Å². The number of aliphatic carboxylic acids is 1. The molecule has 2 bridgehead atoms. The molecule has 2 aromatic rings. The lowest BCUT2D eigenvalue weighted by molar-refractivity contribution is -0.137. The maximum absolute atomic E-state index is 13.2. The Morgan fingerprint density at radius 3 is 2.83 bits per heavy atom. The van der Waals surface area contributed by atoms with Gasteiger partial charge in [-0.25, -0.2) is 0 Å². The molecule has 3 fully saturated rings. The van der Waals surface area contributed by atoms with Crippen molar-refractivity contribution in [2.75, 3.05) is 0 Å². The van der Waals surface area contributed by atoms with Gasteiger partial charge in [0.05, 0.1) is 11.8 Å². The topological polar surface area (TPSA) is 79.5 Å². The quantitative estimate of drug-likeness (QED) is 0.451. The summed E-state index contributed by atoms with van der Waals surface area (Å²) in [4.78, 5) is 23.8. The highest BCUT2D eigenvalue weighted by Crippen LogP contribution is 2.61. The molecule has 1 aromatic heterocycles. The number of carboxylic acid groups (broad SMARTS) is 1. The summed E-state index contributed by atoms with van der Waals surface area (Å²) in [6, 6.07) is 7.70. The van der Waals surface area contributed by atoms with Gasteiger partial charge in [0.2, 0.25) is 0 Å². The lowest BCUT2D eigenvalue weighted by Gasteiger charge is -2.62. The molecule has 5 nitrogen and oxygen atoms in total. The summed E-state index contributed by atoms with van der Waals surface area (Å²) >= 11 is 0. The minimum atomic E-state index is -0.743. The van der Waals surface area contributed by atoms with Crippen molar-refractivity contribution in [1.29, 1.82) is 0 Å². The maximum atomic E-state index is 13.2. The summed E-state index contributed by atoms with van der Waals surface area (Å²) in [6.07, 6.45) is 10.8. The predicted octanol–water partition coefficient (Wildman–Crippen LogP) is 5.41. The van der Waals surface area contributed by atoms with Gasteiger partial charge in [0.1, 0.15) is 5.58 Å². The summed E-state index contributed by atoms with van der Waals surface area (Å²) in [7, 11) is 0. The van der Waals surface area contributed by atoms with Gasteiger partial charge in [-0.3, -0.25) is 9.59 Å². The fourth-order valence-corrected chi connectivity index (χ4v) is 5.53. The van der Waals surface area contributed by atoms with Crippen molar-refractivity contribution in [2.45, 2.75) is 58.4 Å². The van der Waals surface area contributed by atoms with Gasteiger partial charge >= 0.3 is 5.97 Å². The summed E-state index contributed by atoms with van der Waals surface area (Å²) in [5.74, 6) is 0.817. The van der Waals surface area contributed by atoms with Crippen molar-refractivity contribution in [3.63, 3.8) is 0 Å². The number of furan rings is 1. The summed E-state index contributed by atoms with van der Waals surface area (Å²) < 4.78 is 5.57. The molecular formula is C25H31NO4. The van der Waals surface area contributed by atoms with Gasteiger partial charge in [-0.2, -0.15) is 0 Å². The Kier molecular flexibility index (Phi) is 5.72. The lowest BCUT2D eigenvalue weighted by Crippen LogP contribution is -2.63. The highest BCUT2D eigenvalue weighted by atomic mass is 16.4. The number of para-hydroxylation sites is 1. The number of fused-ring (bicyclic) bond motifs is 3. The third-order valence-corrected chi connectivity index (χ3v) is 7.46. The number of hydrogen-bond acceptors (Lipinski definition) is 3. The van der Waals surface area contributed by atoms with Gasteiger partial charge in [-0.15, -0.1) is 0 Å². The Morgan fingerprint density at radius 2 is 2.07 bits per heavy atom. The van der Waals surface area contributed by atoms with Crippen LogP contribution in [0.5, 0.6) is 0 Å². The van der Waals surface area contributed by atoms with Crippen LogP contribution in [0.4, 0.5) is 0 Å². The first kappa shape index (κ1) is 20.7. The Labute approximate surface area is 177 Å². The Balaban J connectivity index is 1.45. The minimum Gasteiger partial charge on any atom is -0.481 e. The Morgan fingerprint density at radius 1 is 1.23 bits per heavy atom. The van der Waals surface area contributed by atoms with Crippen LogP contribution >= 0.6 is 0 Å². The van der Waals surface area contributed by atoms with E-state index in [0.717, 1.165) is 30.6 Å². The van der Waals surface area contributed by atoms with Crippen LogP contribution in [-0.4, -0.2) is 23.0 Å². The molecular weight excluding hydrogens is 378 g/mol. The Hall–Kier alpha value is -2.56. The third-order valence-electron chi connectivity index (χ3n) is 7.46. The van der Waals surface area contributed by atoms with Crippen LogP contribution in [0.3, 0.4) is 0 Å². The maximum Gasteiger partial charge on any atom is 0.303 e. The number of carbonyl (C=O) groups excluding carboxylic acids is 1. The molecule has 5 rings (SSSR count). The van der Waals surface area contributed by atoms with E-state index in [-0.39, 0.29) is 23.8 Å². The van der Waals surface area contributed by atoms with Crippen molar-refractivity contribution >= 4 is 22.8 Å². The molecule has 0 radical (unpaired) electrons. The minimum absolute atomic E-state index is 0.0582. The average Bonchev–Trinajstić information content (AvgIpc) is 3.19. The zero-order valence-corrected chi connectivity index (χ0v) is 17.8. The van der Waals surface area contributed by atoms with E-state index < -0.39 is 5.97 Å². The number of hydrogen-bond donors (Lipinski definition) is 2. The number of carboxylic acids is 1. The van der Waals surface area contributed by atoms with Gasteiger partial charge < -0.3 is 14.8 Å². The van der Waals surface area contributed by atoms with Crippen molar-refractivity contribution in [3.05, 3.63) is 48.2 Å². The molecule has 0 saturated heterocycles. The first-order valence-electron chi connectivity index (χ1n) is 11.0. The number of carbonyl (C=O) groups is 2. The number of allylic oxidation sites excluding steroid dienone is 2. The van der Waals surface area contributed by atoms with Crippen LogP contribution in [0.25, 0.3) is 11.0 Å². The molecule has 1 heterocycles. The van der Waals surface area contributed by atoms with Crippen LogP contribution in [-0.2, 0) is 4.79 Å². The highest BCUT2D eigenvalue weighted by molar-refractivity contribution is 6.05. The molecule has 0 spiro atoms. The number of rotatable bonds is 8. The van der Waals surface area contributed by atoms with Crippen molar-refractivity contribution in [3.8, 4) is 0 Å². The Bertz CT molecular complexity index is 957. The molecule has 160 valence electrons. The largest absolute Gasteiger partial charge is 0.481 e. The predicted molar refractivity (Wildman–Crippen MR) is 116 cm³/mol. The second-order valence-corrected chi connectivity index (χ2v) is 9.49. The zero-order chi connectivity index (χ0) is 21.3. The van der Waals surface area contributed by atoms with Crippen LogP contribution < -0.4 is 5.32 Å². The van der Waals surface area contributed by atoms with E-state index in [0.29, 0.717) is 29.4 Å². The monoisotopic (exact) mass is 409 g/mol. The summed E-state index contributed by atoms with van der Waals surface area (Å²) in [5.41, 5.74) is 1.50. The van der Waals surface area contributed by atoms with Crippen molar-refractivity contribution in [1.82, 2.24) is 5.32 Å². The molecule has 0 aliphatic heterocycles. The van der Waals surface area contributed by atoms with Crippen LogP contribution in [0.2, 0.25) is 0 Å². The van der Waals surface area contributed by atoms with E-state index in [1.807, 2.05) is 24.3 Å². The summed E-state index contributed by atoms with van der Waals surface area (Å²) in [6.45, 7) is 4.66. The average molecular weight is 410 g/mol. The molecule has 1 amide bonds. The third kappa shape index (κ3) is 3.90. The summed E-state index contributed by atoms with van der Waals surface area (Å²) in [5, 5.41) is 13.1. The molecule has 30 heavy (non-hydrogen) atoms.